The molecule has 0 radical (unpaired) electrons. The van der Waals surface area contributed by atoms with E-state index in [1.54, 1.807) is 20.8 Å². The standard InChI is InChI=1S/C25H26BrN3O.C5H11NO2/c26-19-11-6-12-21-23(19)24(30)27-25-28(18-9-4-5-10-18)22-15-17(13-14-20(22)29(21)25)16-7-2-1-3-8-16;1-5(2,3)8-4(6)7/h6,11-16,18H,1-5,7-10H2;1-3H3,(H2,6,7). The van der Waals surface area contributed by atoms with Gasteiger partial charge in [-0.1, -0.05) is 44.2 Å². The summed E-state index contributed by atoms with van der Waals surface area (Å²) >= 11 is 3.57. The van der Waals surface area contributed by atoms with Crippen molar-refractivity contribution in [3.63, 3.8) is 0 Å². The number of amides is 1. The monoisotopic (exact) mass is 580 g/mol. The molecule has 2 saturated carbocycles. The van der Waals surface area contributed by atoms with E-state index < -0.39 is 11.7 Å². The second-order valence-corrected chi connectivity index (χ2v) is 12.5. The first-order chi connectivity index (χ1) is 18.1. The van der Waals surface area contributed by atoms with E-state index in [4.69, 9.17) is 5.73 Å². The zero-order valence-corrected chi connectivity index (χ0v) is 24.1. The second kappa shape index (κ2) is 10.7. The van der Waals surface area contributed by atoms with E-state index in [1.165, 1.54) is 68.9 Å². The molecule has 4 aromatic rings. The van der Waals surface area contributed by atoms with Gasteiger partial charge in [-0.15, -0.1) is 0 Å². The van der Waals surface area contributed by atoms with Crippen LogP contribution in [0.4, 0.5) is 4.79 Å². The third kappa shape index (κ3) is 5.33. The van der Waals surface area contributed by atoms with Crippen LogP contribution in [0, 0.1) is 0 Å². The van der Waals surface area contributed by atoms with E-state index in [1.807, 2.05) is 18.2 Å². The van der Waals surface area contributed by atoms with Crippen molar-refractivity contribution in [3.8, 4) is 0 Å². The van der Waals surface area contributed by atoms with Gasteiger partial charge in [-0.3, -0.25) is 9.20 Å². The van der Waals surface area contributed by atoms with E-state index in [2.05, 4.69) is 52.8 Å². The number of aromatic nitrogens is 3. The van der Waals surface area contributed by atoms with Gasteiger partial charge in [-0.2, -0.15) is 4.98 Å². The largest absolute Gasteiger partial charge is 0.444 e. The van der Waals surface area contributed by atoms with Gasteiger partial charge in [0, 0.05) is 10.5 Å². The molecule has 2 heterocycles. The molecule has 0 saturated heterocycles. The first-order valence-electron chi connectivity index (χ1n) is 13.8. The molecule has 202 valence electrons. The van der Waals surface area contributed by atoms with Gasteiger partial charge in [0.25, 0.3) is 5.56 Å². The maximum atomic E-state index is 13.0. The highest BCUT2D eigenvalue weighted by atomic mass is 79.9. The zero-order chi connectivity index (χ0) is 27.0. The maximum Gasteiger partial charge on any atom is 0.405 e. The third-order valence-electron chi connectivity index (χ3n) is 7.74. The van der Waals surface area contributed by atoms with Crippen LogP contribution >= 0.6 is 15.9 Å². The van der Waals surface area contributed by atoms with Crippen LogP contribution in [0.1, 0.15) is 96.1 Å². The molecule has 2 aromatic heterocycles. The second-order valence-electron chi connectivity index (χ2n) is 11.6. The molecule has 0 atom stereocenters. The van der Waals surface area contributed by atoms with Crippen LogP contribution in [-0.4, -0.2) is 25.6 Å². The highest BCUT2D eigenvalue weighted by Crippen LogP contribution is 2.39. The summed E-state index contributed by atoms with van der Waals surface area (Å²) in [6, 6.07) is 13.4. The number of fused-ring (bicyclic) bond motifs is 5. The number of benzene rings is 2. The van der Waals surface area contributed by atoms with Gasteiger partial charge >= 0.3 is 6.09 Å². The minimum absolute atomic E-state index is 0.146. The molecule has 7 nitrogen and oxygen atoms in total. The molecule has 6 rings (SSSR count). The van der Waals surface area contributed by atoms with Gasteiger partial charge in [0.05, 0.1) is 21.9 Å². The number of carbonyl (C=O) groups excluding carboxylic acids is 1. The van der Waals surface area contributed by atoms with E-state index in [0.717, 1.165) is 21.3 Å². The van der Waals surface area contributed by atoms with Crippen molar-refractivity contribution in [2.24, 2.45) is 5.73 Å². The minimum atomic E-state index is -0.725. The normalized spacial score (nSPS) is 17.2. The molecule has 1 amide bonds. The smallest absolute Gasteiger partial charge is 0.405 e. The van der Waals surface area contributed by atoms with Gasteiger partial charge in [0.15, 0.2) is 0 Å². The first-order valence-corrected chi connectivity index (χ1v) is 14.6. The Balaban J connectivity index is 0.000000323. The van der Waals surface area contributed by atoms with Crippen LogP contribution in [0.25, 0.3) is 27.7 Å². The molecule has 2 N–H and O–H groups in total. The fourth-order valence-corrected chi connectivity index (χ4v) is 6.68. The van der Waals surface area contributed by atoms with Gasteiger partial charge in [0.1, 0.15) is 5.60 Å². The Morgan fingerprint density at radius 2 is 1.66 bits per heavy atom. The van der Waals surface area contributed by atoms with Crippen molar-refractivity contribution >= 4 is 49.7 Å². The predicted octanol–water partition coefficient (Wildman–Crippen LogP) is 7.61. The van der Waals surface area contributed by atoms with Crippen LogP contribution in [0.2, 0.25) is 0 Å². The summed E-state index contributed by atoms with van der Waals surface area (Å²) in [6.45, 7) is 5.28. The Kier molecular flexibility index (Phi) is 7.54. The van der Waals surface area contributed by atoms with Crippen LogP contribution in [0.15, 0.2) is 45.7 Å². The lowest BCUT2D eigenvalue weighted by Crippen LogP contribution is -2.27. The number of rotatable bonds is 2. The highest BCUT2D eigenvalue weighted by Gasteiger charge is 2.26. The Morgan fingerprint density at radius 3 is 2.29 bits per heavy atom. The summed E-state index contributed by atoms with van der Waals surface area (Å²) in [5.74, 6) is 1.46. The number of primary amides is 1. The molecule has 0 bridgehead atoms. The lowest BCUT2D eigenvalue weighted by Gasteiger charge is -2.22. The fourth-order valence-electron chi connectivity index (χ4n) is 6.16. The summed E-state index contributed by atoms with van der Waals surface area (Å²) in [6.07, 6.45) is 10.7. The highest BCUT2D eigenvalue weighted by molar-refractivity contribution is 9.10. The molecule has 2 fully saturated rings. The number of ether oxygens (including phenoxy) is 1. The van der Waals surface area contributed by atoms with E-state index >= 15 is 0 Å². The Labute approximate surface area is 231 Å². The number of imidazole rings is 1. The summed E-state index contributed by atoms with van der Waals surface area (Å²) in [7, 11) is 0. The number of hydrogen-bond acceptors (Lipinski definition) is 4. The predicted molar refractivity (Wildman–Crippen MR) is 156 cm³/mol. The molecule has 8 heteroatoms. The van der Waals surface area contributed by atoms with Crippen LogP contribution in [0.5, 0.6) is 0 Å². The lowest BCUT2D eigenvalue weighted by atomic mass is 9.84. The molecule has 0 unspecified atom stereocenters. The van der Waals surface area contributed by atoms with Crippen molar-refractivity contribution < 1.29 is 9.53 Å². The van der Waals surface area contributed by atoms with Gasteiger partial charge in [-0.25, -0.2) is 4.79 Å². The summed E-state index contributed by atoms with van der Waals surface area (Å²) < 4.78 is 9.98. The van der Waals surface area contributed by atoms with Crippen molar-refractivity contribution in [1.82, 2.24) is 14.0 Å². The van der Waals surface area contributed by atoms with Crippen LogP contribution in [0.3, 0.4) is 0 Å². The zero-order valence-electron chi connectivity index (χ0n) is 22.5. The summed E-state index contributed by atoms with van der Waals surface area (Å²) in [4.78, 5) is 27.6. The topological polar surface area (TPSA) is 91.6 Å². The van der Waals surface area contributed by atoms with Crippen molar-refractivity contribution in [1.29, 1.82) is 0 Å². The number of hydrogen-bond donors (Lipinski definition) is 1. The number of nitrogens with two attached hydrogens (primary N) is 1. The molecule has 2 aliphatic carbocycles. The van der Waals surface area contributed by atoms with Crippen LogP contribution < -0.4 is 11.3 Å². The van der Waals surface area contributed by atoms with Crippen molar-refractivity contribution in [3.05, 3.63) is 56.8 Å². The molecule has 38 heavy (non-hydrogen) atoms. The average molecular weight is 582 g/mol. The molecular weight excluding hydrogens is 544 g/mol. The third-order valence-corrected chi connectivity index (χ3v) is 8.40. The SMILES string of the molecule is CC(C)(C)OC(N)=O.O=c1nc2n(C3CCCC3)c3cc(C4CCCCC4)ccc3n2c2cccc(Br)c12. The van der Waals surface area contributed by atoms with Crippen LogP contribution in [-0.2, 0) is 4.74 Å². The molecular formula is C30H37BrN4O3. The van der Waals surface area contributed by atoms with E-state index in [-0.39, 0.29) is 5.56 Å². The van der Waals surface area contributed by atoms with Crippen molar-refractivity contribution in [2.45, 2.75) is 96.1 Å². The Bertz CT molecular complexity index is 1540. The summed E-state index contributed by atoms with van der Waals surface area (Å²) in [5, 5.41) is 0.664. The van der Waals surface area contributed by atoms with E-state index in [9.17, 15) is 9.59 Å². The van der Waals surface area contributed by atoms with E-state index in [0.29, 0.717) is 17.3 Å². The van der Waals surface area contributed by atoms with Gasteiger partial charge in [0.2, 0.25) is 5.78 Å². The number of carbonyl (C=O) groups is 1. The fraction of sp³-hybridized carbons (Fsp3) is 0.500. The average Bonchev–Trinajstić information content (AvgIpc) is 3.49. The molecule has 0 aliphatic heterocycles. The number of nitrogens with zero attached hydrogens (tertiary/aromatic N) is 3. The van der Waals surface area contributed by atoms with Gasteiger partial charge < -0.3 is 15.0 Å². The molecule has 0 spiro atoms. The Morgan fingerprint density at radius 1 is 0.974 bits per heavy atom. The number of halogens is 1. The first kappa shape index (κ1) is 26.7. The molecule has 2 aliphatic rings. The van der Waals surface area contributed by atoms with Gasteiger partial charge in [-0.05, 0) is 98.1 Å². The molecule has 2 aromatic carbocycles. The maximum absolute atomic E-state index is 13.0. The quantitative estimate of drug-likeness (QED) is 0.264. The minimum Gasteiger partial charge on any atom is -0.444 e. The van der Waals surface area contributed by atoms with Crippen molar-refractivity contribution in [2.75, 3.05) is 0 Å². The Hall–Kier alpha value is -2.87. The summed E-state index contributed by atoms with van der Waals surface area (Å²) in [5.41, 5.74) is 8.91. The lowest BCUT2D eigenvalue weighted by molar-refractivity contribution is 0.0600.